The fourth-order valence-corrected chi connectivity index (χ4v) is 0.606. The average Bonchev–Trinajstić information content (AvgIpc) is 2.04. The Morgan fingerprint density at radius 2 is 2.42 bits per heavy atom. The lowest BCUT2D eigenvalue weighted by atomic mass is 10.6. The number of aromatic nitrogens is 2. The smallest absolute Gasteiger partial charge is 0.321 e. The van der Waals surface area contributed by atoms with Crippen LogP contribution in [0.2, 0.25) is 0 Å². The molecule has 6 nitrogen and oxygen atoms in total. The van der Waals surface area contributed by atoms with E-state index in [4.69, 9.17) is 0 Å². The minimum Gasteiger partial charge on any atom is -0.341 e. The van der Waals surface area contributed by atoms with Gasteiger partial charge in [-0.3, -0.25) is 10.1 Å². The van der Waals surface area contributed by atoms with Crippen LogP contribution in [0.5, 0.6) is 0 Å². The molecule has 1 rings (SSSR count). The molecular formula is C6H8N4O2. The molecule has 0 saturated carbocycles. The molecule has 0 radical (unpaired) electrons. The SMILES string of the molecule is CNC(=O)Nc1nc(=O)cc[nH]1. The van der Waals surface area contributed by atoms with Crippen LogP contribution < -0.4 is 16.2 Å². The Hall–Kier alpha value is -1.85. The number of rotatable bonds is 1. The van der Waals surface area contributed by atoms with Gasteiger partial charge >= 0.3 is 6.03 Å². The van der Waals surface area contributed by atoms with Crippen molar-refractivity contribution in [2.75, 3.05) is 12.4 Å². The van der Waals surface area contributed by atoms with Gasteiger partial charge in [0.15, 0.2) is 0 Å². The highest BCUT2D eigenvalue weighted by Crippen LogP contribution is 1.88. The Morgan fingerprint density at radius 1 is 1.67 bits per heavy atom. The normalized spacial score (nSPS) is 9.08. The number of carbonyl (C=O) groups is 1. The third-order valence-corrected chi connectivity index (χ3v) is 1.13. The van der Waals surface area contributed by atoms with Gasteiger partial charge in [-0.1, -0.05) is 0 Å². The molecule has 0 fully saturated rings. The molecule has 0 aliphatic heterocycles. The summed E-state index contributed by atoms with van der Waals surface area (Å²) >= 11 is 0. The summed E-state index contributed by atoms with van der Waals surface area (Å²) in [6.07, 6.45) is 1.40. The van der Waals surface area contributed by atoms with E-state index in [1.54, 1.807) is 0 Å². The first-order valence-corrected chi connectivity index (χ1v) is 3.27. The van der Waals surface area contributed by atoms with E-state index >= 15 is 0 Å². The van der Waals surface area contributed by atoms with Gasteiger partial charge in [0.25, 0.3) is 5.56 Å². The van der Waals surface area contributed by atoms with Gasteiger partial charge in [0.05, 0.1) is 0 Å². The molecule has 0 spiro atoms. The van der Waals surface area contributed by atoms with Crippen molar-refractivity contribution in [3.8, 4) is 0 Å². The number of hydrogen-bond acceptors (Lipinski definition) is 3. The number of urea groups is 1. The van der Waals surface area contributed by atoms with Crippen LogP contribution in [0.25, 0.3) is 0 Å². The summed E-state index contributed by atoms with van der Waals surface area (Å²) in [5.41, 5.74) is -0.403. The van der Waals surface area contributed by atoms with Crippen LogP contribution in [-0.4, -0.2) is 23.0 Å². The molecule has 0 atom stereocenters. The summed E-state index contributed by atoms with van der Waals surface area (Å²) < 4.78 is 0. The molecule has 64 valence electrons. The van der Waals surface area contributed by atoms with E-state index in [1.165, 1.54) is 19.3 Å². The zero-order valence-electron chi connectivity index (χ0n) is 6.42. The second-order valence-electron chi connectivity index (χ2n) is 1.98. The van der Waals surface area contributed by atoms with Crippen LogP contribution in [0, 0.1) is 0 Å². The van der Waals surface area contributed by atoms with Gasteiger partial charge in [-0.25, -0.2) is 4.79 Å². The second kappa shape index (κ2) is 3.51. The van der Waals surface area contributed by atoms with Crippen molar-refractivity contribution < 1.29 is 4.79 Å². The highest BCUT2D eigenvalue weighted by molar-refractivity contribution is 5.86. The summed E-state index contributed by atoms with van der Waals surface area (Å²) in [6.45, 7) is 0. The summed E-state index contributed by atoms with van der Waals surface area (Å²) in [6, 6.07) is 0.832. The summed E-state index contributed by atoms with van der Waals surface area (Å²) in [5, 5.41) is 4.64. The van der Waals surface area contributed by atoms with Crippen molar-refractivity contribution in [1.82, 2.24) is 15.3 Å². The average molecular weight is 168 g/mol. The third kappa shape index (κ3) is 2.08. The number of carbonyl (C=O) groups excluding carboxylic acids is 1. The molecule has 0 aliphatic rings. The third-order valence-electron chi connectivity index (χ3n) is 1.13. The highest BCUT2D eigenvalue weighted by Gasteiger charge is 1.98. The standard InChI is InChI=1S/C6H8N4O2/c1-7-6(12)10-5-8-3-2-4(11)9-5/h2-3H,1H3,(H3,7,8,9,10,11,12). The molecule has 2 amide bonds. The number of aromatic amines is 1. The molecular weight excluding hydrogens is 160 g/mol. The van der Waals surface area contributed by atoms with E-state index in [0.29, 0.717) is 0 Å². The molecule has 0 saturated heterocycles. The number of H-pyrrole nitrogens is 1. The van der Waals surface area contributed by atoms with Crippen molar-refractivity contribution in [1.29, 1.82) is 0 Å². The first-order chi connectivity index (χ1) is 5.72. The molecule has 3 N–H and O–H groups in total. The molecule has 1 aromatic rings. The van der Waals surface area contributed by atoms with Crippen molar-refractivity contribution in [3.63, 3.8) is 0 Å². The first kappa shape index (κ1) is 8.25. The van der Waals surface area contributed by atoms with Gasteiger partial charge in [-0.2, -0.15) is 4.98 Å². The summed E-state index contributed by atoms with van der Waals surface area (Å²) in [5.74, 6) is 0.127. The Morgan fingerprint density at radius 3 is 3.00 bits per heavy atom. The van der Waals surface area contributed by atoms with E-state index in [1.807, 2.05) is 0 Å². The van der Waals surface area contributed by atoms with Gasteiger partial charge < -0.3 is 10.3 Å². The Balaban J connectivity index is 2.76. The molecule has 6 heteroatoms. The first-order valence-electron chi connectivity index (χ1n) is 3.27. The zero-order chi connectivity index (χ0) is 8.97. The summed E-state index contributed by atoms with van der Waals surface area (Å²) in [4.78, 5) is 27.4. The lowest BCUT2D eigenvalue weighted by Crippen LogP contribution is -2.26. The maximum absolute atomic E-state index is 10.7. The molecule has 1 heterocycles. The highest BCUT2D eigenvalue weighted by atomic mass is 16.2. The molecule has 0 aliphatic carbocycles. The topological polar surface area (TPSA) is 86.9 Å². The minimum absolute atomic E-state index is 0.127. The van der Waals surface area contributed by atoms with Crippen LogP contribution in [0.4, 0.5) is 10.7 Å². The number of amides is 2. The van der Waals surface area contributed by atoms with Crippen molar-refractivity contribution >= 4 is 12.0 Å². The predicted molar refractivity (Wildman–Crippen MR) is 42.9 cm³/mol. The van der Waals surface area contributed by atoms with E-state index in [9.17, 15) is 9.59 Å². The number of nitrogens with one attached hydrogen (secondary N) is 3. The lowest BCUT2D eigenvalue weighted by molar-refractivity contribution is 0.254. The van der Waals surface area contributed by atoms with Crippen molar-refractivity contribution in [2.45, 2.75) is 0 Å². The van der Waals surface area contributed by atoms with Crippen LogP contribution in [0.15, 0.2) is 17.1 Å². The van der Waals surface area contributed by atoms with Gasteiger partial charge in [-0.15, -0.1) is 0 Å². The van der Waals surface area contributed by atoms with E-state index < -0.39 is 11.6 Å². The fraction of sp³-hybridized carbons (Fsp3) is 0.167. The van der Waals surface area contributed by atoms with E-state index in [2.05, 4.69) is 20.6 Å². The number of nitrogens with zero attached hydrogens (tertiary/aromatic N) is 1. The Bertz CT molecular complexity index is 332. The monoisotopic (exact) mass is 168 g/mol. The van der Waals surface area contributed by atoms with Gasteiger partial charge in [-0.05, 0) is 0 Å². The van der Waals surface area contributed by atoms with Crippen molar-refractivity contribution in [2.24, 2.45) is 0 Å². The Labute approximate surface area is 68.0 Å². The maximum atomic E-state index is 10.7. The van der Waals surface area contributed by atoms with Crippen LogP contribution in [0.3, 0.4) is 0 Å². The van der Waals surface area contributed by atoms with Crippen LogP contribution >= 0.6 is 0 Å². The Kier molecular flexibility index (Phi) is 2.42. The predicted octanol–water partition coefficient (Wildman–Crippen LogP) is -0.479. The summed E-state index contributed by atoms with van der Waals surface area (Å²) in [7, 11) is 1.47. The zero-order valence-corrected chi connectivity index (χ0v) is 6.42. The molecule has 0 unspecified atom stereocenters. The van der Waals surface area contributed by atoms with Crippen LogP contribution in [0.1, 0.15) is 0 Å². The number of hydrogen-bond donors (Lipinski definition) is 3. The van der Waals surface area contributed by atoms with E-state index in [-0.39, 0.29) is 5.95 Å². The molecule has 0 aromatic carbocycles. The van der Waals surface area contributed by atoms with Crippen LogP contribution in [-0.2, 0) is 0 Å². The largest absolute Gasteiger partial charge is 0.341 e. The molecule has 12 heavy (non-hydrogen) atoms. The van der Waals surface area contributed by atoms with Gasteiger partial charge in [0.1, 0.15) is 0 Å². The van der Waals surface area contributed by atoms with Gasteiger partial charge in [0.2, 0.25) is 5.95 Å². The molecule has 0 bridgehead atoms. The van der Waals surface area contributed by atoms with Crippen molar-refractivity contribution in [3.05, 3.63) is 22.6 Å². The number of anilines is 1. The lowest BCUT2D eigenvalue weighted by Gasteiger charge is -2.00. The second-order valence-corrected chi connectivity index (χ2v) is 1.98. The maximum Gasteiger partial charge on any atom is 0.321 e. The quantitative estimate of drug-likeness (QED) is 0.529. The van der Waals surface area contributed by atoms with Gasteiger partial charge in [0, 0.05) is 19.3 Å². The minimum atomic E-state index is -0.427. The van der Waals surface area contributed by atoms with E-state index in [0.717, 1.165) is 0 Å². The fourth-order valence-electron chi connectivity index (χ4n) is 0.606. The molecule has 1 aromatic heterocycles.